The Morgan fingerprint density at radius 1 is 1.16 bits per heavy atom. The van der Waals surface area contributed by atoms with Gasteiger partial charge in [-0.2, -0.15) is 0 Å². The fraction of sp³-hybridized carbons (Fsp3) is 0. The molecule has 0 aliphatic heterocycles. The number of rotatable bonds is 3. The Bertz CT molecular complexity index is 644. The van der Waals surface area contributed by atoms with Crippen molar-refractivity contribution in [1.29, 1.82) is 0 Å². The lowest BCUT2D eigenvalue weighted by molar-refractivity contribution is 0.0689. The summed E-state index contributed by atoms with van der Waals surface area (Å²) in [7, 11) is 0. The number of halogens is 3. The molecule has 3 nitrogen and oxygen atoms in total. The van der Waals surface area contributed by atoms with Gasteiger partial charge in [0.15, 0.2) is 0 Å². The SMILES string of the molecule is O=C(O)c1c(F)cccc1Oc1cc(F)ccc1Br. The van der Waals surface area contributed by atoms with Gasteiger partial charge in [-0.25, -0.2) is 13.6 Å². The molecule has 2 aromatic rings. The van der Waals surface area contributed by atoms with Gasteiger partial charge < -0.3 is 9.84 Å². The molecule has 0 atom stereocenters. The van der Waals surface area contributed by atoms with Crippen molar-refractivity contribution >= 4 is 21.9 Å². The minimum atomic E-state index is -1.46. The van der Waals surface area contributed by atoms with Gasteiger partial charge in [-0.05, 0) is 40.2 Å². The summed E-state index contributed by atoms with van der Waals surface area (Å²) in [6.45, 7) is 0. The Morgan fingerprint density at radius 3 is 2.58 bits per heavy atom. The van der Waals surface area contributed by atoms with E-state index in [0.29, 0.717) is 4.47 Å². The van der Waals surface area contributed by atoms with Crippen molar-refractivity contribution in [2.24, 2.45) is 0 Å². The van der Waals surface area contributed by atoms with Crippen molar-refractivity contribution in [1.82, 2.24) is 0 Å². The summed E-state index contributed by atoms with van der Waals surface area (Å²) in [4.78, 5) is 11.0. The molecule has 2 aromatic carbocycles. The van der Waals surface area contributed by atoms with Gasteiger partial charge in [0.05, 0.1) is 4.47 Å². The third kappa shape index (κ3) is 2.90. The fourth-order valence-electron chi connectivity index (χ4n) is 1.47. The van der Waals surface area contributed by atoms with Crippen LogP contribution in [0.15, 0.2) is 40.9 Å². The molecule has 0 radical (unpaired) electrons. The molecule has 0 aliphatic rings. The van der Waals surface area contributed by atoms with Crippen LogP contribution in [-0.4, -0.2) is 11.1 Å². The second kappa shape index (κ2) is 5.36. The topological polar surface area (TPSA) is 46.5 Å². The predicted molar refractivity (Wildman–Crippen MR) is 67.5 cm³/mol. The lowest BCUT2D eigenvalue weighted by Crippen LogP contribution is -2.03. The molecule has 0 saturated heterocycles. The maximum absolute atomic E-state index is 13.4. The third-order valence-electron chi connectivity index (χ3n) is 2.30. The summed E-state index contributed by atoms with van der Waals surface area (Å²) in [5.41, 5.74) is -0.598. The van der Waals surface area contributed by atoms with Crippen LogP contribution in [-0.2, 0) is 0 Å². The second-order valence-corrected chi connectivity index (χ2v) is 4.45. The summed E-state index contributed by atoms with van der Waals surface area (Å²) in [6, 6.07) is 7.30. The van der Waals surface area contributed by atoms with Crippen LogP contribution < -0.4 is 4.74 Å². The monoisotopic (exact) mass is 328 g/mol. The fourth-order valence-corrected chi connectivity index (χ4v) is 1.80. The molecule has 6 heteroatoms. The highest BCUT2D eigenvalue weighted by molar-refractivity contribution is 9.10. The average Bonchev–Trinajstić information content (AvgIpc) is 2.33. The Labute approximate surface area is 115 Å². The Morgan fingerprint density at radius 2 is 1.89 bits per heavy atom. The normalized spacial score (nSPS) is 10.3. The molecule has 98 valence electrons. The highest BCUT2D eigenvalue weighted by Crippen LogP contribution is 2.32. The number of hydrogen-bond donors (Lipinski definition) is 1. The van der Waals surface area contributed by atoms with Crippen molar-refractivity contribution in [2.45, 2.75) is 0 Å². The molecule has 0 spiro atoms. The molecule has 0 heterocycles. The van der Waals surface area contributed by atoms with Crippen molar-refractivity contribution < 1.29 is 23.4 Å². The van der Waals surface area contributed by atoms with E-state index < -0.39 is 23.2 Å². The lowest BCUT2D eigenvalue weighted by Gasteiger charge is -2.10. The van der Waals surface area contributed by atoms with E-state index in [9.17, 15) is 13.6 Å². The van der Waals surface area contributed by atoms with E-state index in [1.807, 2.05) is 0 Å². The van der Waals surface area contributed by atoms with Crippen LogP contribution in [0.1, 0.15) is 10.4 Å². The highest BCUT2D eigenvalue weighted by Gasteiger charge is 2.18. The quantitative estimate of drug-likeness (QED) is 0.917. The van der Waals surface area contributed by atoms with E-state index in [0.717, 1.165) is 12.1 Å². The lowest BCUT2D eigenvalue weighted by atomic mass is 10.2. The first-order chi connectivity index (χ1) is 8.99. The number of carboxylic acids is 1. The molecule has 0 unspecified atom stereocenters. The van der Waals surface area contributed by atoms with Crippen LogP contribution in [0, 0.1) is 11.6 Å². The molecule has 2 rings (SSSR count). The molecule has 19 heavy (non-hydrogen) atoms. The number of hydrogen-bond acceptors (Lipinski definition) is 2. The smallest absolute Gasteiger partial charge is 0.342 e. The first-order valence-corrected chi connectivity index (χ1v) is 5.93. The number of aromatic carboxylic acids is 1. The summed E-state index contributed by atoms with van der Waals surface area (Å²) in [6.07, 6.45) is 0. The maximum atomic E-state index is 13.4. The Kier molecular flexibility index (Phi) is 3.80. The molecular weight excluding hydrogens is 322 g/mol. The standard InChI is InChI=1S/C13H7BrF2O3/c14-8-5-4-7(15)6-11(8)19-10-3-1-2-9(16)12(10)13(17)18/h1-6H,(H,17,18). The van der Waals surface area contributed by atoms with Crippen LogP contribution in [0.4, 0.5) is 8.78 Å². The van der Waals surface area contributed by atoms with E-state index >= 15 is 0 Å². The van der Waals surface area contributed by atoms with E-state index in [1.54, 1.807) is 0 Å². The second-order valence-electron chi connectivity index (χ2n) is 3.59. The van der Waals surface area contributed by atoms with Gasteiger partial charge in [0.1, 0.15) is 28.7 Å². The summed E-state index contributed by atoms with van der Waals surface area (Å²) in [5, 5.41) is 8.94. The molecular formula is C13H7BrF2O3. The van der Waals surface area contributed by atoms with Gasteiger partial charge in [-0.3, -0.25) is 0 Å². The van der Waals surface area contributed by atoms with E-state index in [4.69, 9.17) is 9.84 Å². The van der Waals surface area contributed by atoms with E-state index in [1.165, 1.54) is 24.3 Å². The van der Waals surface area contributed by atoms with Gasteiger partial charge in [-0.15, -0.1) is 0 Å². The van der Waals surface area contributed by atoms with Gasteiger partial charge in [-0.1, -0.05) is 6.07 Å². The van der Waals surface area contributed by atoms with E-state index in [-0.39, 0.29) is 11.5 Å². The minimum absolute atomic E-state index is 0.0631. The molecule has 1 N–H and O–H groups in total. The summed E-state index contributed by atoms with van der Waals surface area (Å²) >= 11 is 3.14. The average molecular weight is 329 g/mol. The van der Waals surface area contributed by atoms with Crippen LogP contribution >= 0.6 is 15.9 Å². The van der Waals surface area contributed by atoms with Crippen molar-refractivity contribution in [3.05, 3.63) is 58.1 Å². The van der Waals surface area contributed by atoms with Gasteiger partial charge in [0, 0.05) is 6.07 Å². The minimum Gasteiger partial charge on any atom is -0.477 e. The number of ether oxygens (including phenoxy) is 1. The first kappa shape index (κ1) is 13.5. The van der Waals surface area contributed by atoms with Gasteiger partial charge in [0.2, 0.25) is 0 Å². The largest absolute Gasteiger partial charge is 0.477 e. The predicted octanol–water partition coefficient (Wildman–Crippen LogP) is 4.22. The number of carboxylic acid groups (broad SMARTS) is 1. The molecule has 0 aliphatic carbocycles. The van der Waals surface area contributed by atoms with Crippen molar-refractivity contribution in [3.8, 4) is 11.5 Å². The van der Waals surface area contributed by atoms with Gasteiger partial charge in [0.25, 0.3) is 0 Å². The number of carbonyl (C=O) groups is 1. The molecule has 0 saturated carbocycles. The third-order valence-corrected chi connectivity index (χ3v) is 2.96. The molecule has 0 bridgehead atoms. The maximum Gasteiger partial charge on any atom is 0.342 e. The van der Waals surface area contributed by atoms with E-state index in [2.05, 4.69) is 15.9 Å². The van der Waals surface area contributed by atoms with Crippen LogP contribution in [0.25, 0.3) is 0 Å². The van der Waals surface area contributed by atoms with Crippen molar-refractivity contribution in [2.75, 3.05) is 0 Å². The zero-order valence-corrected chi connectivity index (χ0v) is 10.9. The number of benzene rings is 2. The molecule has 0 aromatic heterocycles. The zero-order chi connectivity index (χ0) is 14.0. The Balaban J connectivity index is 2.46. The zero-order valence-electron chi connectivity index (χ0n) is 9.36. The van der Waals surface area contributed by atoms with Crippen LogP contribution in [0.3, 0.4) is 0 Å². The summed E-state index contributed by atoms with van der Waals surface area (Å²) in [5.74, 6) is -3.06. The van der Waals surface area contributed by atoms with Crippen molar-refractivity contribution in [3.63, 3.8) is 0 Å². The highest BCUT2D eigenvalue weighted by atomic mass is 79.9. The first-order valence-electron chi connectivity index (χ1n) is 5.13. The molecule has 0 amide bonds. The van der Waals surface area contributed by atoms with Crippen LogP contribution in [0.5, 0.6) is 11.5 Å². The molecule has 0 fully saturated rings. The Hall–Kier alpha value is -1.95. The summed E-state index contributed by atoms with van der Waals surface area (Å²) < 4.78 is 32.2. The van der Waals surface area contributed by atoms with Gasteiger partial charge >= 0.3 is 5.97 Å². The van der Waals surface area contributed by atoms with Crippen LogP contribution in [0.2, 0.25) is 0 Å².